The van der Waals surface area contributed by atoms with Crippen LogP contribution in [-0.4, -0.2) is 18.8 Å². The molecular formula is C67H83BN2. The summed E-state index contributed by atoms with van der Waals surface area (Å²) in [6, 6.07) is 5.65. The number of nitrogens with zero attached hydrogens (tertiary/aromatic N) is 2. The Morgan fingerprint density at radius 2 is 1.31 bits per heavy atom. The predicted octanol–water partition coefficient (Wildman–Crippen LogP) is 17.2. The molecule has 0 bridgehead atoms. The van der Waals surface area contributed by atoms with Crippen molar-refractivity contribution < 1.29 is 0 Å². The highest BCUT2D eigenvalue weighted by Gasteiger charge is 2.54. The quantitative estimate of drug-likeness (QED) is 0.170. The Morgan fingerprint density at radius 3 is 1.94 bits per heavy atom. The molecule has 0 spiro atoms. The third-order valence-electron chi connectivity index (χ3n) is 19.9. The average molecular weight is 927 g/mol. The molecule has 0 radical (unpaired) electrons. The van der Waals surface area contributed by atoms with Crippen molar-refractivity contribution in [2.75, 3.05) is 9.80 Å². The van der Waals surface area contributed by atoms with Crippen LogP contribution in [0.25, 0.3) is 0 Å². The first kappa shape index (κ1) is 47.6. The maximum absolute atomic E-state index is 2.86. The van der Waals surface area contributed by atoms with Crippen LogP contribution < -0.4 is 15.3 Å². The van der Waals surface area contributed by atoms with Gasteiger partial charge in [0.15, 0.2) is 0 Å². The molecule has 6 atom stereocenters. The molecule has 364 valence electrons. The molecule has 8 aliphatic carbocycles. The molecule has 0 saturated carbocycles. The van der Waals surface area contributed by atoms with Crippen LogP contribution in [0.3, 0.4) is 0 Å². The molecule has 0 amide bonds. The van der Waals surface area contributed by atoms with Crippen LogP contribution >= 0.6 is 0 Å². The number of fused-ring (bicyclic) bond motifs is 4. The Balaban J connectivity index is 1.08. The van der Waals surface area contributed by atoms with Crippen molar-refractivity contribution in [1.82, 2.24) is 0 Å². The van der Waals surface area contributed by atoms with E-state index in [-0.39, 0.29) is 40.5 Å². The van der Waals surface area contributed by atoms with E-state index in [1.54, 1.807) is 27.7 Å². The second kappa shape index (κ2) is 18.4. The first-order chi connectivity index (χ1) is 33.7. The fourth-order valence-corrected chi connectivity index (χ4v) is 15.0. The van der Waals surface area contributed by atoms with Crippen molar-refractivity contribution in [3.63, 3.8) is 0 Å². The summed E-state index contributed by atoms with van der Waals surface area (Å²) >= 11 is 0. The monoisotopic (exact) mass is 927 g/mol. The van der Waals surface area contributed by atoms with Gasteiger partial charge in [-0.3, -0.25) is 0 Å². The molecule has 6 unspecified atom stereocenters. The fraction of sp³-hybridized carbons (Fsp3) is 0.493. The Morgan fingerprint density at radius 1 is 0.571 bits per heavy atom. The summed E-state index contributed by atoms with van der Waals surface area (Å²) in [5, 5.41) is 0. The third kappa shape index (κ3) is 8.16. The van der Waals surface area contributed by atoms with Crippen molar-refractivity contribution in [2.45, 2.75) is 170 Å². The highest BCUT2D eigenvalue weighted by Crippen LogP contribution is 2.55. The third-order valence-corrected chi connectivity index (χ3v) is 19.9. The number of hydrogen-bond acceptors (Lipinski definition) is 2. The van der Waals surface area contributed by atoms with Crippen molar-refractivity contribution >= 4 is 23.6 Å². The summed E-state index contributed by atoms with van der Waals surface area (Å²) in [5.74, 6) is 1.87. The van der Waals surface area contributed by atoms with E-state index >= 15 is 0 Å². The van der Waals surface area contributed by atoms with Crippen molar-refractivity contribution in [2.24, 2.45) is 39.4 Å². The van der Waals surface area contributed by atoms with Crippen molar-refractivity contribution in [3.05, 3.63) is 184 Å². The fourth-order valence-electron chi connectivity index (χ4n) is 15.0. The van der Waals surface area contributed by atoms with Gasteiger partial charge in [0.2, 0.25) is 6.71 Å². The number of benzene rings is 1. The van der Waals surface area contributed by atoms with Gasteiger partial charge in [-0.15, -0.1) is 0 Å². The molecule has 11 rings (SSSR count). The molecule has 0 aromatic heterocycles. The van der Waals surface area contributed by atoms with Crippen LogP contribution in [0.5, 0.6) is 0 Å². The number of anilines is 2. The van der Waals surface area contributed by atoms with E-state index in [1.165, 1.54) is 84.4 Å². The summed E-state index contributed by atoms with van der Waals surface area (Å²) in [6.45, 7) is 22.7. The van der Waals surface area contributed by atoms with Crippen LogP contribution in [0.1, 0.15) is 151 Å². The van der Waals surface area contributed by atoms with Crippen molar-refractivity contribution in [3.8, 4) is 0 Å². The van der Waals surface area contributed by atoms with Gasteiger partial charge >= 0.3 is 0 Å². The lowest BCUT2D eigenvalue weighted by Crippen LogP contribution is -2.62. The van der Waals surface area contributed by atoms with Gasteiger partial charge in [-0.2, -0.15) is 0 Å². The number of aryl methyl sites for hydroxylation is 1. The Bertz CT molecular complexity index is 2730. The lowest BCUT2D eigenvalue weighted by Gasteiger charge is -2.55. The first-order valence-electron chi connectivity index (χ1n) is 28.1. The summed E-state index contributed by atoms with van der Waals surface area (Å²) < 4.78 is 0. The van der Waals surface area contributed by atoms with Gasteiger partial charge in [-0.1, -0.05) is 181 Å². The lowest BCUT2D eigenvalue weighted by molar-refractivity contribution is 0.294. The van der Waals surface area contributed by atoms with Gasteiger partial charge in [0, 0.05) is 28.2 Å². The topological polar surface area (TPSA) is 6.48 Å². The standard InChI is InChI=1S/C67H83BN2/c1-46-42-61-63-62(43-46)70(56-38-32-52(33-39-56)65(4,5)48-24-16-11-17-25-48)60-41-35-54(67(8,9)50-28-20-13-21-29-50)45-58(60)68(63)57-44-53(66(6,7)49-26-18-12-19-27-49)34-40-59(57)69(61)55-36-30-51(31-37-55)64(2,3)47-22-14-10-15-23-47/h10,14,16,18,20,22,24-26,28,30,32,34-38,41-45,49-51,58-60H,11-13,15,17,19,21,23,27,29,31,33,39-40H2,1-9H3. The molecule has 2 heterocycles. The molecule has 2 aliphatic heterocycles. The van der Waals surface area contributed by atoms with Gasteiger partial charge in [-0.25, -0.2) is 0 Å². The van der Waals surface area contributed by atoms with Crippen LogP contribution in [0.4, 0.5) is 11.4 Å². The SMILES string of the molecule is Cc1cc2c3c(c1)N(C1=CC=C(C(C)(C)C4=CCCC=C4)CC1)C1C=CC(C(C)(C)C4C=CCCC4)=CC1B3C1=CC(C(C)(C)C3C=CCCC3)=CCC1N2C1=CCC(C(C)(C)C2=CC=CCC2)C=C1. The van der Waals surface area contributed by atoms with E-state index in [1.807, 2.05) is 0 Å². The smallest absolute Gasteiger partial charge is 0.221 e. The zero-order chi connectivity index (χ0) is 48.6. The normalized spacial score (nSPS) is 28.7. The minimum Gasteiger partial charge on any atom is -0.339 e. The van der Waals surface area contributed by atoms with E-state index < -0.39 is 0 Å². The van der Waals surface area contributed by atoms with Gasteiger partial charge in [-0.05, 0) is 189 Å². The predicted molar refractivity (Wildman–Crippen MR) is 303 cm³/mol. The molecule has 0 N–H and O–H groups in total. The average Bonchev–Trinajstić information content (AvgIpc) is 3.39. The molecule has 3 heteroatoms. The van der Waals surface area contributed by atoms with E-state index in [2.05, 4.69) is 206 Å². The zero-order valence-corrected chi connectivity index (χ0v) is 44.5. The molecular weight excluding hydrogens is 844 g/mol. The zero-order valence-electron chi connectivity index (χ0n) is 44.5. The van der Waals surface area contributed by atoms with Gasteiger partial charge in [0.1, 0.15) is 0 Å². The molecule has 1 aromatic carbocycles. The summed E-state index contributed by atoms with van der Waals surface area (Å²) in [4.78, 5) is 5.70. The largest absolute Gasteiger partial charge is 0.339 e. The van der Waals surface area contributed by atoms with Gasteiger partial charge < -0.3 is 9.80 Å². The van der Waals surface area contributed by atoms with E-state index in [9.17, 15) is 0 Å². The molecule has 10 aliphatic rings. The second-order valence-electron chi connectivity index (χ2n) is 25.2. The van der Waals surface area contributed by atoms with Crippen LogP contribution in [0, 0.1) is 46.3 Å². The number of rotatable bonds is 10. The maximum Gasteiger partial charge on any atom is 0.221 e. The second-order valence-corrected chi connectivity index (χ2v) is 25.2. The molecule has 0 saturated heterocycles. The highest BCUT2D eigenvalue weighted by molar-refractivity contribution is 6.85. The summed E-state index contributed by atoms with van der Waals surface area (Å²) in [7, 11) is 0. The lowest BCUT2D eigenvalue weighted by atomic mass is 9.26. The summed E-state index contributed by atoms with van der Waals surface area (Å²) in [6.07, 6.45) is 67.1. The number of allylic oxidation sites excluding steroid dienone is 23. The first-order valence-corrected chi connectivity index (χ1v) is 28.1. The van der Waals surface area contributed by atoms with Gasteiger partial charge in [0.25, 0.3) is 0 Å². The van der Waals surface area contributed by atoms with E-state index in [0.29, 0.717) is 23.6 Å². The Kier molecular flexibility index (Phi) is 12.5. The summed E-state index contributed by atoms with van der Waals surface area (Å²) in [5.41, 5.74) is 18.2. The Labute approximate surface area is 424 Å². The highest BCUT2D eigenvalue weighted by atomic mass is 15.2. The van der Waals surface area contributed by atoms with Crippen molar-refractivity contribution in [1.29, 1.82) is 0 Å². The van der Waals surface area contributed by atoms with Crippen LogP contribution in [0.15, 0.2) is 178 Å². The van der Waals surface area contributed by atoms with Crippen LogP contribution in [-0.2, 0) is 0 Å². The van der Waals surface area contributed by atoms with Gasteiger partial charge in [0.05, 0.1) is 12.1 Å². The van der Waals surface area contributed by atoms with Crippen LogP contribution in [0.2, 0.25) is 5.82 Å². The van der Waals surface area contributed by atoms with E-state index in [0.717, 1.165) is 44.9 Å². The molecule has 1 aromatic rings. The minimum atomic E-state index is 0.0216. The molecule has 70 heavy (non-hydrogen) atoms. The maximum atomic E-state index is 2.86. The van der Waals surface area contributed by atoms with E-state index in [4.69, 9.17) is 0 Å². The Hall–Kier alpha value is -4.76. The number of hydrogen-bond donors (Lipinski definition) is 0. The molecule has 0 fully saturated rings. The minimum absolute atomic E-state index is 0.0216. The molecule has 2 nitrogen and oxygen atoms in total.